The number of hydrogen-bond acceptors (Lipinski definition) is 2. The monoisotopic (exact) mass is 1750 g/mol. The fraction of sp³-hybridized carbons (Fsp3) is 0.0149. The molecule has 642 valence electrons. The number of aromatic nitrogens is 2. The number of benzene rings is 22. The molecule has 1 unspecified atom stereocenters. The molecule has 22 aromatic carbocycles. The van der Waals surface area contributed by atoms with Crippen molar-refractivity contribution in [1.82, 2.24) is 9.13 Å². The lowest BCUT2D eigenvalue weighted by Crippen LogP contribution is -2.33. The summed E-state index contributed by atoms with van der Waals surface area (Å²) in [5, 5.41) is 4.95. The molecule has 0 saturated carbocycles. The molecule has 0 fully saturated rings. The molecule has 24 aromatic rings. The van der Waals surface area contributed by atoms with Crippen LogP contribution in [0.3, 0.4) is 0 Å². The van der Waals surface area contributed by atoms with Crippen LogP contribution >= 0.6 is 0 Å². The highest BCUT2D eigenvalue weighted by atomic mass is 15.2. The number of anilines is 6. The van der Waals surface area contributed by atoms with E-state index in [1.54, 1.807) is 0 Å². The van der Waals surface area contributed by atoms with Crippen molar-refractivity contribution in [2.45, 2.75) is 10.8 Å². The first kappa shape index (κ1) is 78.7. The van der Waals surface area contributed by atoms with Crippen molar-refractivity contribution in [2.75, 3.05) is 9.80 Å². The molecular formula is C134H86N4. The molecule has 0 radical (unpaired) electrons. The van der Waals surface area contributed by atoms with Gasteiger partial charge in [0.15, 0.2) is 0 Å². The molecule has 2 aliphatic heterocycles. The van der Waals surface area contributed by atoms with Crippen molar-refractivity contribution in [3.05, 3.63) is 566 Å². The first-order chi connectivity index (χ1) is 68.4. The minimum Gasteiger partial charge on any atom is -0.310 e. The summed E-state index contributed by atoms with van der Waals surface area (Å²) < 4.78 is 5.15. The summed E-state index contributed by atoms with van der Waals surface area (Å²) in [6.45, 7) is 0. The Bertz CT molecular complexity index is 8980. The van der Waals surface area contributed by atoms with Crippen molar-refractivity contribution in [3.63, 3.8) is 0 Å². The van der Waals surface area contributed by atoms with Gasteiger partial charge in [-0.05, 0) is 265 Å². The van der Waals surface area contributed by atoms with E-state index in [2.05, 4.69) is 541 Å². The molecule has 4 aliphatic rings. The van der Waals surface area contributed by atoms with Crippen molar-refractivity contribution in [3.8, 4) is 134 Å². The highest BCUT2D eigenvalue weighted by Gasteiger charge is 2.53. The van der Waals surface area contributed by atoms with E-state index in [-0.39, 0.29) is 0 Å². The number of para-hydroxylation sites is 6. The molecule has 1 atom stereocenters. The second-order valence-corrected chi connectivity index (χ2v) is 37.2. The van der Waals surface area contributed by atoms with Crippen LogP contribution in [0.4, 0.5) is 34.1 Å². The van der Waals surface area contributed by atoms with Crippen molar-refractivity contribution in [2.24, 2.45) is 0 Å². The molecule has 138 heavy (non-hydrogen) atoms. The van der Waals surface area contributed by atoms with Crippen LogP contribution in [-0.2, 0) is 10.8 Å². The summed E-state index contributed by atoms with van der Waals surface area (Å²) in [5.41, 5.74) is 48.3. The molecule has 0 bridgehead atoms. The van der Waals surface area contributed by atoms with E-state index in [0.29, 0.717) is 0 Å². The van der Waals surface area contributed by atoms with E-state index in [1.165, 1.54) is 122 Å². The lowest BCUT2D eigenvalue weighted by molar-refractivity contribution is 0.748. The maximum atomic E-state index is 2.58. The van der Waals surface area contributed by atoms with Crippen molar-refractivity contribution < 1.29 is 0 Å². The smallest absolute Gasteiger partial charge is 0.0754 e. The molecule has 2 aromatic heterocycles. The van der Waals surface area contributed by atoms with E-state index in [9.17, 15) is 0 Å². The van der Waals surface area contributed by atoms with Crippen LogP contribution in [-0.4, -0.2) is 9.13 Å². The predicted molar refractivity (Wildman–Crippen MR) is 575 cm³/mol. The SMILES string of the molecule is c1ccc(-c2cccc(N(c3cc(-c4ccccc4)cc(-c4ccc(-c5ccc6c(c5)c5cccc7c5n6-c5ccccc5C75c6ccccc6-c6cc(-c7cccc(N(c8cc(-c9ccccc9)cc(-c9ccccc9)c8)c8ccccc8-c8ccccc8)c7)ccc65)cc4)c3)c3ccccc3-c3ccc4c(c3)-n3c5ccccc5c5cccc(c53)C43c4ccccc4-c4ccccc43)c2)cc1. The molecule has 2 aliphatic carbocycles. The minimum atomic E-state index is -0.641. The maximum absolute atomic E-state index is 2.58. The Balaban J connectivity index is 0.561. The Morgan fingerprint density at radius 1 is 0.145 bits per heavy atom. The Morgan fingerprint density at radius 2 is 0.457 bits per heavy atom. The molecule has 0 amide bonds. The second-order valence-electron chi connectivity index (χ2n) is 37.2. The van der Waals surface area contributed by atoms with Gasteiger partial charge in [0.2, 0.25) is 0 Å². The summed E-state index contributed by atoms with van der Waals surface area (Å²) in [6, 6.07) is 196. The van der Waals surface area contributed by atoms with E-state index < -0.39 is 10.8 Å². The van der Waals surface area contributed by atoms with Crippen LogP contribution in [0.2, 0.25) is 0 Å². The first-order valence-corrected chi connectivity index (χ1v) is 47.9. The molecule has 2 spiro atoms. The van der Waals surface area contributed by atoms with Crippen LogP contribution in [0.1, 0.15) is 44.5 Å². The highest BCUT2D eigenvalue weighted by molar-refractivity contribution is 6.16. The topological polar surface area (TPSA) is 16.3 Å². The van der Waals surface area contributed by atoms with Gasteiger partial charge in [0.05, 0.1) is 55.6 Å². The van der Waals surface area contributed by atoms with Gasteiger partial charge in [0.25, 0.3) is 0 Å². The van der Waals surface area contributed by atoms with Gasteiger partial charge in [-0.1, -0.05) is 413 Å². The highest BCUT2D eigenvalue weighted by Crippen LogP contribution is 2.65. The number of fused-ring (bicyclic) bond motifs is 24. The minimum absolute atomic E-state index is 0.576. The fourth-order valence-electron chi connectivity index (χ4n) is 24.2. The zero-order valence-corrected chi connectivity index (χ0v) is 75.4. The van der Waals surface area contributed by atoms with Crippen molar-refractivity contribution in [1.29, 1.82) is 0 Å². The first-order valence-electron chi connectivity index (χ1n) is 47.9. The molecule has 4 heterocycles. The van der Waals surface area contributed by atoms with E-state index in [4.69, 9.17) is 0 Å². The van der Waals surface area contributed by atoms with E-state index >= 15 is 0 Å². The summed E-state index contributed by atoms with van der Waals surface area (Å²) in [6.07, 6.45) is 0. The lowest BCUT2D eigenvalue weighted by atomic mass is 9.65. The summed E-state index contributed by atoms with van der Waals surface area (Å²) in [5.74, 6) is 0. The maximum Gasteiger partial charge on any atom is 0.0754 e. The molecule has 4 nitrogen and oxygen atoms in total. The van der Waals surface area contributed by atoms with Gasteiger partial charge in [-0.3, -0.25) is 0 Å². The lowest BCUT2D eigenvalue weighted by Gasteiger charge is -2.40. The van der Waals surface area contributed by atoms with E-state index in [1.807, 2.05) is 0 Å². The second kappa shape index (κ2) is 31.3. The quantitative estimate of drug-likeness (QED) is 0.102. The third-order valence-corrected chi connectivity index (χ3v) is 30.0. The van der Waals surface area contributed by atoms with E-state index in [0.717, 1.165) is 134 Å². The van der Waals surface area contributed by atoms with Gasteiger partial charge in [0.1, 0.15) is 0 Å². The molecule has 0 N–H and O–H groups in total. The summed E-state index contributed by atoms with van der Waals surface area (Å²) in [4.78, 5) is 4.99. The third kappa shape index (κ3) is 11.9. The van der Waals surface area contributed by atoms with Crippen LogP contribution < -0.4 is 9.80 Å². The van der Waals surface area contributed by atoms with Crippen LogP contribution in [0, 0.1) is 0 Å². The van der Waals surface area contributed by atoms with Crippen LogP contribution in [0.25, 0.3) is 177 Å². The molecule has 0 saturated heterocycles. The largest absolute Gasteiger partial charge is 0.310 e. The summed E-state index contributed by atoms with van der Waals surface area (Å²) in [7, 11) is 0. The Morgan fingerprint density at radius 3 is 0.993 bits per heavy atom. The van der Waals surface area contributed by atoms with Gasteiger partial charge in [-0.2, -0.15) is 0 Å². The fourth-order valence-corrected chi connectivity index (χ4v) is 24.2. The average Bonchev–Trinajstić information content (AvgIpc) is 1.50. The number of rotatable bonds is 15. The Labute approximate surface area is 801 Å². The van der Waals surface area contributed by atoms with Crippen LogP contribution in [0.15, 0.2) is 522 Å². The van der Waals surface area contributed by atoms with Crippen LogP contribution in [0.5, 0.6) is 0 Å². The summed E-state index contributed by atoms with van der Waals surface area (Å²) >= 11 is 0. The van der Waals surface area contributed by atoms with Crippen molar-refractivity contribution >= 4 is 77.7 Å². The number of nitrogens with zero attached hydrogens (tertiary/aromatic N) is 4. The molecule has 28 rings (SSSR count). The Kier molecular flexibility index (Phi) is 17.9. The van der Waals surface area contributed by atoms with Gasteiger partial charge >= 0.3 is 0 Å². The molecule has 4 heteroatoms. The zero-order chi connectivity index (χ0) is 90.7. The number of hydrogen-bond donors (Lipinski definition) is 0. The standard InChI is InChI=1S/C134H86N4/c1-6-34-87(35-7-1)94-44-30-46-103(78-94)136(126-63-27-20-49-108(126)98-71-74-122-130(86-98)138-127-64-28-21-53-112(127)113-54-32-60-123(131(113)138)133(122)117-56-22-16-50-109(117)110-51-17-23-57-118(110)133)106-82-101(90-40-12-4-13-41-90)77-102(83-106)92-68-66-91(67-69-92)96-72-75-128-116(85-96)114-55-33-61-124-132(114)137(128)129-65-29-25-59-121(129)134(124)119-58-24-18-52-111(119)115-84-97(70-73-120(115)134)95-45-31-47-104(79-95)135(125-62-26-19-48-107(125)93-42-14-5-15-43-93)105-80-99(88-36-8-2-9-37-88)76-100(81-105)89-38-10-3-11-39-89/h1-86H. The Hall–Kier alpha value is -18.0. The predicted octanol–water partition coefficient (Wildman–Crippen LogP) is 35.2. The zero-order valence-electron chi connectivity index (χ0n) is 75.4. The average molecular weight is 1750 g/mol. The van der Waals surface area contributed by atoms with Gasteiger partial charge in [-0.25, -0.2) is 0 Å². The van der Waals surface area contributed by atoms with Gasteiger partial charge < -0.3 is 18.9 Å². The third-order valence-electron chi connectivity index (χ3n) is 30.0. The van der Waals surface area contributed by atoms with Gasteiger partial charge in [-0.15, -0.1) is 0 Å². The normalized spacial score (nSPS) is 13.6. The molecular weight excluding hydrogens is 1670 g/mol. The van der Waals surface area contributed by atoms with Gasteiger partial charge in [0, 0.05) is 55.4 Å².